The molecular formula is C24H26O6. The van der Waals surface area contributed by atoms with Gasteiger partial charge in [0.05, 0.1) is 17.8 Å². The largest absolute Gasteiger partial charge is 0.393 e. The number of carbonyl (C=O) groups is 4. The van der Waals surface area contributed by atoms with Crippen LogP contribution in [0.5, 0.6) is 0 Å². The van der Waals surface area contributed by atoms with Crippen LogP contribution in [0.4, 0.5) is 0 Å². The van der Waals surface area contributed by atoms with Gasteiger partial charge in [0.2, 0.25) is 0 Å². The Morgan fingerprint density at radius 2 is 1.60 bits per heavy atom. The first kappa shape index (κ1) is 19.5. The molecule has 6 nitrogen and oxygen atoms in total. The van der Waals surface area contributed by atoms with Crippen LogP contribution in [-0.4, -0.2) is 23.9 Å². The summed E-state index contributed by atoms with van der Waals surface area (Å²) in [4.78, 5) is 47.9. The molecule has 1 aromatic carbocycles. The summed E-state index contributed by atoms with van der Waals surface area (Å²) in [5.41, 5.74) is 2.33. The lowest BCUT2D eigenvalue weighted by atomic mass is 9.72. The Kier molecular flexibility index (Phi) is 4.56. The van der Waals surface area contributed by atoms with Crippen molar-refractivity contribution in [2.45, 2.75) is 51.4 Å². The number of rotatable bonds is 3. The lowest BCUT2D eigenvalue weighted by Crippen LogP contribution is -2.29. The summed E-state index contributed by atoms with van der Waals surface area (Å²) in [6.45, 7) is 3.94. The minimum absolute atomic E-state index is 0.0531. The summed E-state index contributed by atoms with van der Waals surface area (Å²) < 4.78 is 9.77. The summed E-state index contributed by atoms with van der Waals surface area (Å²) in [5.74, 6) is -1.45. The minimum Gasteiger partial charge on any atom is -0.393 e. The Labute approximate surface area is 175 Å². The van der Waals surface area contributed by atoms with E-state index in [1.807, 2.05) is 6.92 Å². The molecule has 5 rings (SSSR count). The van der Waals surface area contributed by atoms with Gasteiger partial charge in [0.1, 0.15) is 0 Å². The highest BCUT2D eigenvalue weighted by atomic mass is 16.6. The van der Waals surface area contributed by atoms with Crippen molar-refractivity contribution in [2.75, 3.05) is 0 Å². The van der Waals surface area contributed by atoms with Crippen LogP contribution in [0, 0.1) is 35.5 Å². The van der Waals surface area contributed by atoms with Crippen molar-refractivity contribution in [1.29, 1.82) is 0 Å². The van der Waals surface area contributed by atoms with Crippen molar-refractivity contribution in [3.63, 3.8) is 0 Å². The molecular weight excluding hydrogens is 384 g/mol. The van der Waals surface area contributed by atoms with E-state index in [0.717, 1.165) is 18.4 Å². The van der Waals surface area contributed by atoms with Crippen LogP contribution < -0.4 is 0 Å². The topological polar surface area (TPSA) is 86.7 Å². The number of benzene rings is 1. The maximum Gasteiger partial charge on any atom is 0.317 e. The third-order valence-electron chi connectivity index (χ3n) is 8.19. The molecule has 1 aromatic rings. The van der Waals surface area contributed by atoms with Gasteiger partial charge in [0.15, 0.2) is 0 Å². The number of carbonyl (C=O) groups excluding carboxylic acids is 4. The second kappa shape index (κ2) is 7.03. The zero-order chi connectivity index (χ0) is 21.2. The SMILES string of the molecule is CC1C(=O)OC(=O)CCC1C(C)c1ccc(C2CC3CC2C2C(=O)OC(=O)C32)cc1. The van der Waals surface area contributed by atoms with Crippen LogP contribution in [-0.2, 0) is 28.7 Å². The van der Waals surface area contributed by atoms with Crippen molar-refractivity contribution in [3.8, 4) is 0 Å². The van der Waals surface area contributed by atoms with E-state index in [1.165, 1.54) is 5.56 Å². The number of hydrogen-bond donors (Lipinski definition) is 0. The first-order chi connectivity index (χ1) is 14.3. The summed E-state index contributed by atoms with van der Waals surface area (Å²) >= 11 is 0. The standard InChI is InChI=1S/C24H26O6/c1-11(16-7-8-19(25)29-22(26)12(16)2)13-3-5-14(6-4-13)17-9-15-10-18(17)21-20(15)23(27)30-24(21)28/h3-6,11-12,15-18,20-21H,7-10H2,1-2H3. The lowest BCUT2D eigenvalue weighted by Gasteiger charge is -2.29. The maximum absolute atomic E-state index is 12.2. The summed E-state index contributed by atoms with van der Waals surface area (Å²) in [6.07, 6.45) is 2.76. The molecule has 0 radical (unpaired) electrons. The number of ether oxygens (including phenoxy) is 2. The molecule has 6 heteroatoms. The molecule has 2 heterocycles. The van der Waals surface area contributed by atoms with Crippen LogP contribution in [0.15, 0.2) is 24.3 Å². The predicted molar refractivity (Wildman–Crippen MR) is 105 cm³/mol. The average molecular weight is 410 g/mol. The monoisotopic (exact) mass is 410 g/mol. The molecule has 0 amide bonds. The van der Waals surface area contributed by atoms with Gasteiger partial charge in [-0.1, -0.05) is 38.1 Å². The Hall–Kier alpha value is -2.50. The van der Waals surface area contributed by atoms with E-state index in [0.29, 0.717) is 6.42 Å². The van der Waals surface area contributed by atoms with Crippen LogP contribution in [0.2, 0.25) is 0 Å². The lowest BCUT2D eigenvalue weighted by molar-refractivity contribution is -0.161. The third-order valence-corrected chi connectivity index (χ3v) is 8.19. The van der Waals surface area contributed by atoms with E-state index in [9.17, 15) is 19.2 Å². The van der Waals surface area contributed by atoms with Gasteiger partial charge in [-0.3, -0.25) is 19.2 Å². The highest BCUT2D eigenvalue weighted by Gasteiger charge is 2.63. The summed E-state index contributed by atoms with van der Waals surface area (Å²) in [7, 11) is 0. The molecule has 0 spiro atoms. The van der Waals surface area contributed by atoms with Gasteiger partial charge < -0.3 is 9.47 Å². The zero-order valence-corrected chi connectivity index (χ0v) is 17.2. The van der Waals surface area contributed by atoms with Gasteiger partial charge >= 0.3 is 23.9 Å². The molecule has 2 saturated heterocycles. The highest BCUT2D eigenvalue weighted by Crippen LogP contribution is 2.61. The van der Waals surface area contributed by atoms with E-state index in [2.05, 4.69) is 31.2 Å². The van der Waals surface area contributed by atoms with Crippen molar-refractivity contribution >= 4 is 23.9 Å². The molecule has 4 fully saturated rings. The number of esters is 4. The van der Waals surface area contributed by atoms with E-state index in [-0.39, 0.29) is 65.7 Å². The fourth-order valence-corrected chi connectivity index (χ4v) is 6.58. The Balaban J connectivity index is 1.33. The molecule has 0 N–H and O–H groups in total. The first-order valence-corrected chi connectivity index (χ1v) is 10.9. The van der Waals surface area contributed by atoms with Crippen molar-refractivity contribution in [1.82, 2.24) is 0 Å². The first-order valence-electron chi connectivity index (χ1n) is 10.9. The fourth-order valence-electron chi connectivity index (χ4n) is 6.58. The molecule has 2 aliphatic heterocycles. The molecule has 8 atom stereocenters. The van der Waals surface area contributed by atoms with Crippen LogP contribution in [0.1, 0.15) is 62.5 Å². The minimum atomic E-state index is -0.435. The fraction of sp³-hybridized carbons (Fsp3) is 0.583. The number of fused-ring (bicyclic) bond motifs is 5. The van der Waals surface area contributed by atoms with Gasteiger partial charge in [-0.2, -0.15) is 0 Å². The summed E-state index contributed by atoms with van der Waals surface area (Å²) in [5, 5.41) is 0. The summed E-state index contributed by atoms with van der Waals surface area (Å²) in [6, 6.07) is 8.46. The van der Waals surface area contributed by atoms with Gasteiger partial charge in [-0.15, -0.1) is 0 Å². The molecule has 8 unspecified atom stereocenters. The highest BCUT2D eigenvalue weighted by molar-refractivity contribution is 5.97. The third kappa shape index (κ3) is 2.91. The Morgan fingerprint density at radius 3 is 2.33 bits per heavy atom. The molecule has 2 saturated carbocycles. The van der Waals surface area contributed by atoms with E-state index < -0.39 is 11.9 Å². The number of cyclic esters (lactones) is 4. The smallest absolute Gasteiger partial charge is 0.317 e. The molecule has 0 aromatic heterocycles. The van der Waals surface area contributed by atoms with E-state index in [1.54, 1.807) is 0 Å². The van der Waals surface area contributed by atoms with Crippen LogP contribution in [0.3, 0.4) is 0 Å². The quantitative estimate of drug-likeness (QED) is 0.561. The van der Waals surface area contributed by atoms with Crippen molar-refractivity contribution in [2.24, 2.45) is 35.5 Å². The molecule has 2 aliphatic carbocycles. The molecule has 2 bridgehead atoms. The second-order valence-corrected chi connectivity index (χ2v) is 9.53. The predicted octanol–water partition coefficient (Wildman–Crippen LogP) is 3.35. The van der Waals surface area contributed by atoms with Crippen LogP contribution >= 0.6 is 0 Å². The van der Waals surface area contributed by atoms with E-state index in [4.69, 9.17) is 9.47 Å². The van der Waals surface area contributed by atoms with Gasteiger partial charge in [0, 0.05) is 6.42 Å². The second-order valence-electron chi connectivity index (χ2n) is 9.53. The maximum atomic E-state index is 12.2. The normalized spacial score (nSPS) is 38.8. The van der Waals surface area contributed by atoms with Crippen molar-refractivity contribution in [3.05, 3.63) is 35.4 Å². The zero-order valence-electron chi connectivity index (χ0n) is 17.2. The Bertz CT molecular complexity index is 918. The van der Waals surface area contributed by atoms with Gasteiger partial charge in [0.25, 0.3) is 0 Å². The average Bonchev–Trinajstić information content (AvgIpc) is 3.37. The van der Waals surface area contributed by atoms with Crippen LogP contribution in [0.25, 0.3) is 0 Å². The molecule has 30 heavy (non-hydrogen) atoms. The van der Waals surface area contributed by atoms with Gasteiger partial charge in [-0.25, -0.2) is 0 Å². The number of hydrogen-bond acceptors (Lipinski definition) is 6. The molecule has 4 aliphatic rings. The van der Waals surface area contributed by atoms with Crippen molar-refractivity contribution < 1.29 is 28.7 Å². The molecule has 158 valence electrons. The Morgan fingerprint density at radius 1 is 0.900 bits per heavy atom. The van der Waals surface area contributed by atoms with E-state index >= 15 is 0 Å². The van der Waals surface area contributed by atoms with Gasteiger partial charge in [-0.05, 0) is 60.0 Å².